The summed E-state index contributed by atoms with van der Waals surface area (Å²) < 4.78 is 42.6. The van der Waals surface area contributed by atoms with E-state index in [4.69, 9.17) is 11.6 Å². The number of alkyl halides is 3. The van der Waals surface area contributed by atoms with Gasteiger partial charge in [0.1, 0.15) is 5.52 Å². The van der Waals surface area contributed by atoms with Gasteiger partial charge in [-0.2, -0.15) is 13.2 Å². The number of rotatable bonds is 4. The summed E-state index contributed by atoms with van der Waals surface area (Å²) in [5, 5.41) is 11.6. The average Bonchev–Trinajstić information content (AvgIpc) is 3.53. The molecule has 2 aliphatic heterocycles. The minimum absolute atomic E-state index is 0.0281. The summed E-state index contributed by atoms with van der Waals surface area (Å²) in [5.41, 5.74) is 1.46. The molecule has 5 rings (SSSR count). The van der Waals surface area contributed by atoms with Gasteiger partial charge in [0.15, 0.2) is 0 Å². The Morgan fingerprint density at radius 3 is 2.60 bits per heavy atom. The summed E-state index contributed by atoms with van der Waals surface area (Å²) in [4.78, 5) is 16.8. The average molecular weight is 507 g/mol. The second-order valence-corrected chi connectivity index (χ2v) is 9.51. The van der Waals surface area contributed by atoms with E-state index >= 15 is 0 Å². The summed E-state index contributed by atoms with van der Waals surface area (Å²) >= 11 is 5.85. The molecule has 0 radical (unpaired) electrons. The number of nitrogens with zero attached hydrogens (tertiary/aromatic N) is 5. The molecule has 3 heterocycles. The van der Waals surface area contributed by atoms with Crippen LogP contribution in [0.2, 0.25) is 5.02 Å². The number of fused-ring (bicyclic) bond motifs is 1. The van der Waals surface area contributed by atoms with Crippen molar-refractivity contribution in [2.45, 2.75) is 38.0 Å². The molecule has 1 N–H and O–H groups in total. The zero-order valence-electron chi connectivity index (χ0n) is 19.2. The third-order valence-electron chi connectivity index (χ3n) is 6.91. The molecule has 0 bridgehead atoms. The third-order valence-corrected chi connectivity index (χ3v) is 7.14. The molecular weight excluding hydrogens is 481 g/mol. The molecule has 0 aliphatic carbocycles. The normalized spacial score (nSPS) is 20.0. The predicted molar refractivity (Wildman–Crippen MR) is 128 cm³/mol. The second kappa shape index (κ2) is 9.31. The molecule has 2 aliphatic rings. The van der Waals surface area contributed by atoms with E-state index in [9.17, 15) is 18.0 Å². The number of piperazine rings is 1. The molecule has 2 atom stereocenters. The van der Waals surface area contributed by atoms with Gasteiger partial charge in [-0.05, 0) is 62.2 Å². The number of nitrogens with one attached hydrogen (secondary N) is 1. The molecule has 1 aromatic heterocycles. The van der Waals surface area contributed by atoms with E-state index in [-0.39, 0.29) is 22.5 Å². The van der Waals surface area contributed by atoms with Crippen LogP contribution in [0.3, 0.4) is 0 Å². The van der Waals surface area contributed by atoms with Crippen molar-refractivity contribution in [1.29, 1.82) is 0 Å². The highest BCUT2D eigenvalue weighted by molar-refractivity contribution is 6.30. The Labute approximate surface area is 205 Å². The number of amides is 1. The van der Waals surface area contributed by atoms with Crippen LogP contribution in [0.15, 0.2) is 36.4 Å². The lowest BCUT2D eigenvalue weighted by Gasteiger charge is -2.37. The standard InChI is InChI=1S/C24H26ClF3N6O/c1-15(18-6-4-16(25)13-19(18)24(26,27)28)34-22-14-17(5-7-20(22)30-31-34)32-9-11-33(12-10-32)23(35)21-3-2-8-29-21/h4-7,13-15,21,29H,2-3,8-12H2,1H3/t15-,21?/m1/s1. The summed E-state index contributed by atoms with van der Waals surface area (Å²) in [7, 11) is 0. The van der Waals surface area contributed by atoms with Gasteiger partial charge >= 0.3 is 6.18 Å². The highest BCUT2D eigenvalue weighted by atomic mass is 35.5. The predicted octanol–water partition coefficient (Wildman–Crippen LogP) is 4.11. The first kappa shape index (κ1) is 23.9. The van der Waals surface area contributed by atoms with Gasteiger partial charge in [0, 0.05) is 36.9 Å². The minimum atomic E-state index is -4.54. The number of carbonyl (C=O) groups excluding carboxylic acids is 1. The first-order valence-electron chi connectivity index (χ1n) is 11.7. The largest absolute Gasteiger partial charge is 0.416 e. The van der Waals surface area contributed by atoms with E-state index in [1.807, 2.05) is 23.1 Å². The van der Waals surface area contributed by atoms with Gasteiger partial charge in [0.2, 0.25) is 5.91 Å². The third kappa shape index (κ3) is 4.69. The van der Waals surface area contributed by atoms with E-state index in [1.54, 1.807) is 6.92 Å². The van der Waals surface area contributed by atoms with Gasteiger partial charge in [-0.15, -0.1) is 5.10 Å². The van der Waals surface area contributed by atoms with Gasteiger partial charge < -0.3 is 15.1 Å². The van der Waals surface area contributed by atoms with Crippen LogP contribution >= 0.6 is 11.6 Å². The van der Waals surface area contributed by atoms with E-state index in [2.05, 4.69) is 20.5 Å². The number of aromatic nitrogens is 3. The van der Waals surface area contributed by atoms with Crippen LogP contribution in [0.4, 0.5) is 18.9 Å². The summed E-state index contributed by atoms with van der Waals surface area (Å²) in [5.74, 6) is 0.164. The van der Waals surface area contributed by atoms with Crippen LogP contribution in [0, 0.1) is 0 Å². The van der Waals surface area contributed by atoms with E-state index < -0.39 is 17.8 Å². The lowest BCUT2D eigenvalue weighted by Crippen LogP contribution is -2.53. The smallest absolute Gasteiger partial charge is 0.368 e. The van der Waals surface area contributed by atoms with E-state index in [1.165, 1.54) is 16.8 Å². The van der Waals surface area contributed by atoms with Crippen molar-refractivity contribution in [3.63, 3.8) is 0 Å². The minimum Gasteiger partial charge on any atom is -0.368 e. The lowest BCUT2D eigenvalue weighted by molar-refractivity contribution is -0.138. The number of hydrogen-bond acceptors (Lipinski definition) is 5. The summed E-state index contributed by atoms with van der Waals surface area (Å²) in [6.07, 6.45) is -2.63. The van der Waals surface area contributed by atoms with E-state index in [0.717, 1.165) is 31.1 Å². The van der Waals surface area contributed by atoms with Crippen molar-refractivity contribution in [3.05, 3.63) is 52.5 Å². The maximum atomic E-state index is 13.7. The molecule has 35 heavy (non-hydrogen) atoms. The molecule has 186 valence electrons. The lowest BCUT2D eigenvalue weighted by atomic mass is 10.0. The monoisotopic (exact) mass is 506 g/mol. The van der Waals surface area contributed by atoms with Crippen molar-refractivity contribution < 1.29 is 18.0 Å². The molecule has 7 nitrogen and oxygen atoms in total. The zero-order chi connectivity index (χ0) is 24.7. The van der Waals surface area contributed by atoms with Gasteiger partial charge in [-0.25, -0.2) is 4.68 Å². The Morgan fingerprint density at radius 1 is 1.14 bits per heavy atom. The molecule has 2 aromatic carbocycles. The molecule has 11 heteroatoms. The molecule has 1 amide bonds. The molecule has 3 aromatic rings. The maximum Gasteiger partial charge on any atom is 0.416 e. The summed E-state index contributed by atoms with van der Waals surface area (Å²) in [6, 6.07) is 8.67. The van der Waals surface area contributed by atoms with Gasteiger partial charge in [0.25, 0.3) is 0 Å². The Hall–Kier alpha value is -2.85. The molecule has 2 saturated heterocycles. The van der Waals surface area contributed by atoms with Crippen molar-refractivity contribution in [1.82, 2.24) is 25.2 Å². The Bertz CT molecular complexity index is 1230. The fourth-order valence-corrected chi connectivity index (χ4v) is 5.15. The highest BCUT2D eigenvalue weighted by Crippen LogP contribution is 2.38. The fourth-order valence-electron chi connectivity index (χ4n) is 4.98. The van der Waals surface area contributed by atoms with Crippen molar-refractivity contribution in [2.24, 2.45) is 0 Å². The molecule has 0 saturated carbocycles. The van der Waals surface area contributed by atoms with Crippen LogP contribution in [0.25, 0.3) is 11.0 Å². The van der Waals surface area contributed by atoms with Crippen LogP contribution < -0.4 is 10.2 Å². The quantitative estimate of drug-likeness (QED) is 0.577. The summed E-state index contributed by atoms with van der Waals surface area (Å²) in [6.45, 7) is 5.16. The van der Waals surface area contributed by atoms with Crippen LogP contribution in [0.5, 0.6) is 0 Å². The SMILES string of the molecule is C[C@H](c1ccc(Cl)cc1C(F)(F)F)n1nnc2ccc(N3CCN(C(=O)C4CCCN4)CC3)cc21. The van der Waals surface area contributed by atoms with Gasteiger partial charge in [0.05, 0.1) is 23.2 Å². The van der Waals surface area contributed by atoms with Gasteiger partial charge in [-0.3, -0.25) is 4.79 Å². The number of halogens is 4. The number of hydrogen-bond donors (Lipinski definition) is 1. The van der Waals surface area contributed by atoms with Crippen LogP contribution in [0.1, 0.15) is 36.9 Å². The van der Waals surface area contributed by atoms with Crippen LogP contribution in [-0.4, -0.2) is 64.6 Å². The fraction of sp³-hybridized carbons (Fsp3) is 0.458. The number of anilines is 1. The van der Waals surface area contributed by atoms with Gasteiger partial charge in [-0.1, -0.05) is 22.9 Å². The Balaban J connectivity index is 1.38. The second-order valence-electron chi connectivity index (χ2n) is 9.07. The van der Waals surface area contributed by atoms with Crippen molar-refractivity contribution in [3.8, 4) is 0 Å². The Morgan fingerprint density at radius 2 is 1.91 bits per heavy atom. The van der Waals surface area contributed by atoms with Crippen LogP contribution in [-0.2, 0) is 11.0 Å². The van der Waals surface area contributed by atoms with Crippen molar-refractivity contribution >= 4 is 34.2 Å². The highest BCUT2D eigenvalue weighted by Gasteiger charge is 2.35. The topological polar surface area (TPSA) is 66.3 Å². The van der Waals surface area contributed by atoms with E-state index in [0.29, 0.717) is 37.2 Å². The number of carbonyl (C=O) groups is 1. The number of benzene rings is 2. The first-order chi connectivity index (χ1) is 16.7. The molecule has 0 spiro atoms. The Kier molecular flexibility index (Phi) is 6.35. The molecular formula is C24H26ClF3N6O. The van der Waals surface area contributed by atoms with Crippen molar-refractivity contribution in [2.75, 3.05) is 37.6 Å². The first-order valence-corrected chi connectivity index (χ1v) is 12.1. The molecule has 2 fully saturated rings. The molecule has 1 unspecified atom stereocenters. The maximum absolute atomic E-state index is 13.7. The zero-order valence-corrected chi connectivity index (χ0v) is 20.0.